The van der Waals surface area contributed by atoms with Crippen LogP contribution in [0.1, 0.15) is 41.5 Å². The second-order valence-electron chi connectivity index (χ2n) is 9.34. The smallest absolute Gasteiger partial charge is 0.0689 e. The molecule has 0 aliphatic carbocycles. The van der Waals surface area contributed by atoms with Crippen molar-refractivity contribution in [1.29, 1.82) is 0 Å². The number of hydrogen-bond donors (Lipinski definition) is 3. The molecule has 0 bridgehead atoms. The second kappa shape index (κ2) is 12.3. The molecule has 0 amide bonds. The molecule has 1 heterocycles. The Morgan fingerprint density at radius 1 is 0.481 bits per heavy atom. The van der Waals surface area contributed by atoms with E-state index in [1.807, 2.05) is 0 Å². The van der Waals surface area contributed by atoms with Crippen LogP contribution in [0.2, 0.25) is 0 Å². The number of hydrogen-bond acceptors (Lipinski definition) is 6. The van der Waals surface area contributed by atoms with Gasteiger partial charge in [0.2, 0.25) is 0 Å². The Labute approximate surface area is 167 Å². The fourth-order valence-electron chi connectivity index (χ4n) is 3.16. The summed E-state index contributed by atoms with van der Waals surface area (Å²) in [4.78, 5) is 7.00. The highest BCUT2D eigenvalue weighted by Crippen LogP contribution is 2.10. The maximum Gasteiger partial charge on any atom is 0.0689 e. The minimum Gasteiger partial charge on any atom is -0.392 e. The van der Waals surface area contributed by atoms with E-state index in [0.29, 0.717) is 19.6 Å². The van der Waals surface area contributed by atoms with E-state index in [4.69, 9.17) is 0 Å². The number of nitrogens with zero attached hydrogens (tertiary/aromatic N) is 3. The van der Waals surface area contributed by atoms with Gasteiger partial charge in [-0.2, -0.15) is 0 Å². The summed E-state index contributed by atoms with van der Waals surface area (Å²) >= 11 is 0. The van der Waals surface area contributed by atoms with Gasteiger partial charge in [0.1, 0.15) is 0 Å². The molecule has 1 aliphatic heterocycles. The van der Waals surface area contributed by atoms with Gasteiger partial charge in [0.15, 0.2) is 0 Å². The monoisotopic (exact) mass is 387 g/mol. The Bertz CT molecular complexity index is 324. The molecule has 6 heteroatoms. The Morgan fingerprint density at radius 3 is 0.815 bits per heavy atom. The summed E-state index contributed by atoms with van der Waals surface area (Å²) in [6, 6.07) is 0. The highest BCUT2D eigenvalue weighted by Gasteiger charge is 2.23. The minimum atomic E-state index is -0.324. The second-order valence-corrected chi connectivity index (χ2v) is 9.34. The number of rotatable bonds is 9. The normalized spacial score (nSPS) is 22.7. The lowest BCUT2D eigenvalue weighted by Gasteiger charge is -2.30. The molecule has 1 rings (SSSR count). The first-order valence-corrected chi connectivity index (χ1v) is 10.8. The Morgan fingerprint density at radius 2 is 0.667 bits per heavy atom. The molecule has 1 saturated heterocycles. The SMILES string of the molecule is CC(C)C(O)CN1CCN(CC(O)C(C)C)CCN(CC(O)C(C)C)CC1. The molecule has 3 unspecified atom stereocenters. The summed E-state index contributed by atoms with van der Waals surface area (Å²) < 4.78 is 0. The Hall–Kier alpha value is -0.240. The summed E-state index contributed by atoms with van der Waals surface area (Å²) in [6.45, 7) is 19.7. The van der Waals surface area contributed by atoms with Crippen LogP contribution in [-0.4, -0.2) is 107 Å². The van der Waals surface area contributed by atoms with Crippen molar-refractivity contribution < 1.29 is 15.3 Å². The molecule has 1 fully saturated rings. The van der Waals surface area contributed by atoms with Gasteiger partial charge in [-0.05, 0) is 17.8 Å². The summed E-state index contributed by atoms with van der Waals surface area (Å²) in [5.41, 5.74) is 0. The third-order valence-corrected chi connectivity index (χ3v) is 5.84. The first-order chi connectivity index (χ1) is 12.6. The van der Waals surface area contributed by atoms with E-state index in [1.165, 1.54) is 0 Å². The van der Waals surface area contributed by atoms with Gasteiger partial charge < -0.3 is 15.3 Å². The number of aliphatic hydroxyl groups is 3. The Balaban J connectivity index is 2.77. The van der Waals surface area contributed by atoms with Gasteiger partial charge in [-0.15, -0.1) is 0 Å². The van der Waals surface area contributed by atoms with E-state index in [1.54, 1.807) is 0 Å². The summed E-state index contributed by atoms with van der Waals surface area (Å²) in [6.07, 6.45) is -0.972. The summed E-state index contributed by atoms with van der Waals surface area (Å²) in [7, 11) is 0. The van der Waals surface area contributed by atoms with E-state index in [0.717, 1.165) is 39.3 Å². The van der Waals surface area contributed by atoms with E-state index in [-0.39, 0.29) is 36.1 Å². The van der Waals surface area contributed by atoms with Gasteiger partial charge in [-0.3, -0.25) is 14.7 Å². The van der Waals surface area contributed by atoms with Gasteiger partial charge >= 0.3 is 0 Å². The lowest BCUT2D eigenvalue weighted by atomic mass is 10.1. The topological polar surface area (TPSA) is 70.4 Å². The molecular formula is C21H45N3O3. The van der Waals surface area contributed by atoms with Crippen molar-refractivity contribution in [3.8, 4) is 0 Å². The molecule has 0 spiro atoms. The van der Waals surface area contributed by atoms with Crippen molar-refractivity contribution in [1.82, 2.24) is 14.7 Å². The lowest BCUT2D eigenvalue weighted by molar-refractivity contribution is 0.0590. The average molecular weight is 388 g/mol. The minimum absolute atomic E-state index is 0.246. The van der Waals surface area contributed by atoms with Gasteiger partial charge in [0, 0.05) is 58.9 Å². The van der Waals surface area contributed by atoms with Crippen LogP contribution in [0.25, 0.3) is 0 Å². The molecule has 1 aliphatic rings. The molecule has 27 heavy (non-hydrogen) atoms. The van der Waals surface area contributed by atoms with Crippen LogP contribution in [-0.2, 0) is 0 Å². The van der Waals surface area contributed by atoms with Crippen LogP contribution in [0, 0.1) is 17.8 Å². The third kappa shape index (κ3) is 9.68. The van der Waals surface area contributed by atoms with Crippen molar-refractivity contribution >= 4 is 0 Å². The zero-order valence-electron chi connectivity index (χ0n) is 18.5. The van der Waals surface area contributed by atoms with Gasteiger partial charge in [-0.25, -0.2) is 0 Å². The summed E-state index contributed by atoms with van der Waals surface area (Å²) in [5, 5.41) is 31.0. The molecule has 0 aromatic heterocycles. The van der Waals surface area contributed by atoms with Gasteiger partial charge in [0.25, 0.3) is 0 Å². The van der Waals surface area contributed by atoms with Crippen LogP contribution in [0.15, 0.2) is 0 Å². The first-order valence-electron chi connectivity index (χ1n) is 10.8. The van der Waals surface area contributed by atoms with E-state index < -0.39 is 0 Å². The standard InChI is InChI=1S/C21H45N3O3/c1-16(2)19(25)13-22-7-9-23(14-20(26)17(3)4)11-12-24(10-8-22)15-21(27)18(5)6/h16-21,25-27H,7-15H2,1-6H3. The van der Waals surface area contributed by atoms with E-state index >= 15 is 0 Å². The quantitative estimate of drug-likeness (QED) is 0.547. The van der Waals surface area contributed by atoms with Gasteiger partial charge in [-0.1, -0.05) is 41.5 Å². The predicted octanol–water partition coefficient (Wildman–Crippen LogP) is 0.957. The molecule has 6 nitrogen and oxygen atoms in total. The van der Waals surface area contributed by atoms with Crippen LogP contribution < -0.4 is 0 Å². The first kappa shape index (κ1) is 24.8. The molecule has 3 atom stereocenters. The molecule has 0 saturated carbocycles. The third-order valence-electron chi connectivity index (χ3n) is 5.84. The van der Waals surface area contributed by atoms with Crippen molar-refractivity contribution in [2.24, 2.45) is 17.8 Å². The highest BCUT2D eigenvalue weighted by atomic mass is 16.3. The number of aliphatic hydroxyl groups excluding tert-OH is 3. The van der Waals surface area contributed by atoms with Gasteiger partial charge in [0.05, 0.1) is 18.3 Å². The highest BCUT2D eigenvalue weighted by molar-refractivity contribution is 4.78. The predicted molar refractivity (Wildman–Crippen MR) is 112 cm³/mol. The molecule has 0 radical (unpaired) electrons. The average Bonchev–Trinajstić information content (AvgIpc) is 2.67. The van der Waals surface area contributed by atoms with Crippen molar-refractivity contribution in [2.75, 3.05) is 58.9 Å². The molecule has 0 aromatic rings. The van der Waals surface area contributed by atoms with Crippen molar-refractivity contribution in [3.05, 3.63) is 0 Å². The van der Waals surface area contributed by atoms with Crippen LogP contribution >= 0.6 is 0 Å². The fraction of sp³-hybridized carbons (Fsp3) is 1.00. The molecule has 162 valence electrons. The van der Waals surface area contributed by atoms with Crippen molar-refractivity contribution in [3.63, 3.8) is 0 Å². The Kier molecular flexibility index (Phi) is 11.3. The van der Waals surface area contributed by atoms with Crippen LogP contribution in [0.4, 0.5) is 0 Å². The maximum absolute atomic E-state index is 10.3. The lowest BCUT2D eigenvalue weighted by Crippen LogP contribution is -2.43. The van der Waals surface area contributed by atoms with Crippen LogP contribution in [0.3, 0.4) is 0 Å². The maximum atomic E-state index is 10.3. The zero-order valence-corrected chi connectivity index (χ0v) is 18.5. The van der Waals surface area contributed by atoms with Crippen LogP contribution in [0.5, 0.6) is 0 Å². The summed E-state index contributed by atoms with van der Waals surface area (Å²) in [5.74, 6) is 0.737. The molecule has 0 aromatic carbocycles. The molecule has 3 N–H and O–H groups in total. The van der Waals surface area contributed by atoms with E-state index in [2.05, 4.69) is 56.2 Å². The molecular weight excluding hydrogens is 342 g/mol. The zero-order chi connectivity index (χ0) is 20.6. The van der Waals surface area contributed by atoms with Crippen molar-refractivity contribution in [2.45, 2.75) is 59.9 Å². The number of β-amino-alcohol motifs (C(OH)–C–C–N with tert-alkyl or cyclic N) is 3. The largest absolute Gasteiger partial charge is 0.392 e. The fourth-order valence-corrected chi connectivity index (χ4v) is 3.16. The van der Waals surface area contributed by atoms with E-state index in [9.17, 15) is 15.3 Å².